The van der Waals surface area contributed by atoms with Crippen LogP contribution in [-0.4, -0.2) is 35.3 Å². The van der Waals surface area contributed by atoms with Crippen LogP contribution in [-0.2, 0) is 0 Å². The maximum Gasteiger partial charge on any atom is 0.182 e. The number of hydrogen-bond acceptors (Lipinski definition) is 3. The van der Waals surface area contributed by atoms with Crippen molar-refractivity contribution in [2.45, 2.75) is 26.3 Å². The molecule has 3 heteroatoms. The van der Waals surface area contributed by atoms with E-state index in [1.807, 2.05) is 70.1 Å². The van der Waals surface area contributed by atoms with Crippen LogP contribution in [0.15, 0.2) is 30.3 Å². The van der Waals surface area contributed by atoms with Gasteiger partial charge in [0, 0.05) is 16.6 Å². The number of nitrogens with zero attached hydrogens (tertiary/aromatic N) is 2. The number of fused-ring (bicyclic) bond motifs is 1. The normalized spacial score (nSPS) is 12.1. The minimum Gasteiger partial charge on any atom is -0.297 e. The van der Waals surface area contributed by atoms with Crippen molar-refractivity contribution in [3.63, 3.8) is 0 Å². The van der Waals surface area contributed by atoms with Gasteiger partial charge < -0.3 is 0 Å². The topological polar surface area (TPSA) is 33.2 Å². The predicted octanol–water partition coefficient (Wildman–Crippen LogP) is 3.07. The molecule has 0 aliphatic rings. The molecule has 3 nitrogen and oxygen atoms in total. The van der Waals surface area contributed by atoms with Crippen LogP contribution in [0.5, 0.6) is 0 Å². The van der Waals surface area contributed by atoms with Crippen molar-refractivity contribution in [2.75, 3.05) is 14.1 Å². The Bertz CT molecular complexity index is 630. The third kappa shape index (κ3) is 2.51. The highest BCUT2D eigenvalue weighted by Gasteiger charge is 2.30. The van der Waals surface area contributed by atoms with E-state index in [1.54, 1.807) is 0 Å². The third-order valence-corrected chi connectivity index (χ3v) is 3.76. The lowest BCUT2D eigenvalue weighted by Gasteiger charge is -2.30. The minimum atomic E-state index is -0.508. The molecule has 0 atom stereocenters. The van der Waals surface area contributed by atoms with E-state index in [9.17, 15) is 4.79 Å². The molecule has 0 bridgehead atoms. The Morgan fingerprint density at radius 3 is 2.47 bits per heavy atom. The number of ketones is 1. The van der Waals surface area contributed by atoms with Gasteiger partial charge in [-0.15, -0.1) is 0 Å². The van der Waals surface area contributed by atoms with Gasteiger partial charge in [-0.05, 0) is 59.1 Å². The summed E-state index contributed by atoms with van der Waals surface area (Å²) in [7, 11) is 3.84. The maximum atomic E-state index is 12.6. The van der Waals surface area contributed by atoms with Crippen LogP contribution in [0.4, 0.5) is 0 Å². The lowest BCUT2D eigenvalue weighted by atomic mass is 9.91. The number of aryl methyl sites for hydroxylation is 1. The van der Waals surface area contributed by atoms with Gasteiger partial charge in [0.25, 0.3) is 0 Å². The van der Waals surface area contributed by atoms with Crippen molar-refractivity contribution in [1.29, 1.82) is 0 Å². The Morgan fingerprint density at radius 1 is 1.16 bits per heavy atom. The molecule has 1 aromatic heterocycles. The zero-order valence-electron chi connectivity index (χ0n) is 12.2. The summed E-state index contributed by atoms with van der Waals surface area (Å²) in [5, 5.41) is 1.01. The molecule has 0 spiro atoms. The number of Topliss-reactive ketones (excluding diaryl/α,β-unsaturated/α-hetero) is 1. The largest absolute Gasteiger partial charge is 0.297 e. The molecule has 0 aliphatic carbocycles. The van der Waals surface area contributed by atoms with Crippen LogP contribution in [0.3, 0.4) is 0 Å². The Hall–Kier alpha value is -1.74. The van der Waals surface area contributed by atoms with Gasteiger partial charge in [0.15, 0.2) is 5.78 Å². The summed E-state index contributed by atoms with van der Waals surface area (Å²) in [5.41, 5.74) is 2.14. The number of likely N-dealkylation sites (N-methyl/N-ethyl adjacent to an activating group) is 1. The van der Waals surface area contributed by atoms with E-state index in [2.05, 4.69) is 4.98 Å². The van der Waals surface area contributed by atoms with E-state index in [1.165, 1.54) is 0 Å². The number of carbonyl (C=O) groups is 1. The summed E-state index contributed by atoms with van der Waals surface area (Å²) < 4.78 is 0. The highest BCUT2D eigenvalue weighted by atomic mass is 16.1. The number of aromatic nitrogens is 1. The minimum absolute atomic E-state index is 0.125. The zero-order valence-corrected chi connectivity index (χ0v) is 12.2. The van der Waals surface area contributed by atoms with Crippen molar-refractivity contribution in [3.8, 4) is 0 Å². The fraction of sp³-hybridized carbons (Fsp3) is 0.375. The summed E-state index contributed by atoms with van der Waals surface area (Å²) in [5.74, 6) is 0.125. The number of rotatable bonds is 3. The van der Waals surface area contributed by atoms with Gasteiger partial charge in [-0.2, -0.15) is 0 Å². The first kappa shape index (κ1) is 13.7. The molecule has 1 heterocycles. The van der Waals surface area contributed by atoms with E-state index in [0.717, 1.165) is 22.2 Å². The Morgan fingerprint density at radius 2 is 1.84 bits per heavy atom. The van der Waals surface area contributed by atoms with Gasteiger partial charge >= 0.3 is 0 Å². The van der Waals surface area contributed by atoms with E-state index >= 15 is 0 Å². The van der Waals surface area contributed by atoms with Gasteiger partial charge in [-0.3, -0.25) is 14.7 Å². The maximum absolute atomic E-state index is 12.6. The summed E-state index contributed by atoms with van der Waals surface area (Å²) in [4.78, 5) is 18.9. The highest BCUT2D eigenvalue weighted by molar-refractivity contribution is 6.04. The molecule has 0 aliphatic heterocycles. The van der Waals surface area contributed by atoms with Gasteiger partial charge in [0.05, 0.1) is 11.1 Å². The Labute approximate surface area is 114 Å². The molecule has 2 rings (SSSR count). The van der Waals surface area contributed by atoms with Crippen molar-refractivity contribution >= 4 is 16.7 Å². The average molecular weight is 256 g/mol. The number of benzene rings is 1. The second-order valence-electron chi connectivity index (χ2n) is 5.64. The predicted molar refractivity (Wildman–Crippen MR) is 78.6 cm³/mol. The summed E-state index contributed by atoms with van der Waals surface area (Å²) >= 11 is 0. The van der Waals surface area contributed by atoms with Crippen LogP contribution in [0.25, 0.3) is 10.9 Å². The molecule has 0 saturated heterocycles. The van der Waals surface area contributed by atoms with E-state index in [4.69, 9.17) is 0 Å². The molecular formula is C16H20N2O. The Kier molecular flexibility index (Phi) is 3.42. The first-order chi connectivity index (χ1) is 8.82. The standard InChI is InChI=1S/C16H20N2O/c1-11-6-7-12-10-13(8-9-14(12)17-11)15(19)16(2,3)18(4)5/h6-10H,1-5H3. The lowest BCUT2D eigenvalue weighted by molar-refractivity contribution is 0.0755. The zero-order chi connectivity index (χ0) is 14.2. The van der Waals surface area contributed by atoms with Crippen LogP contribution in [0.1, 0.15) is 29.9 Å². The number of carbonyl (C=O) groups excluding carboxylic acids is 1. The SMILES string of the molecule is Cc1ccc2cc(C(=O)C(C)(C)N(C)C)ccc2n1. The second-order valence-corrected chi connectivity index (χ2v) is 5.64. The van der Waals surface area contributed by atoms with Crippen molar-refractivity contribution < 1.29 is 4.79 Å². The van der Waals surface area contributed by atoms with Gasteiger partial charge in [0.2, 0.25) is 0 Å². The quantitative estimate of drug-likeness (QED) is 0.791. The molecule has 0 amide bonds. The molecule has 19 heavy (non-hydrogen) atoms. The lowest BCUT2D eigenvalue weighted by Crippen LogP contribution is -2.45. The van der Waals surface area contributed by atoms with Crippen LogP contribution < -0.4 is 0 Å². The van der Waals surface area contributed by atoms with Crippen LogP contribution >= 0.6 is 0 Å². The van der Waals surface area contributed by atoms with Crippen LogP contribution in [0.2, 0.25) is 0 Å². The molecule has 100 valence electrons. The van der Waals surface area contributed by atoms with Crippen LogP contribution in [0, 0.1) is 6.92 Å². The Balaban J connectivity index is 2.47. The van der Waals surface area contributed by atoms with Crippen molar-refractivity contribution in [3.05, 3.63) is 41.6 Å². The summed E-state index contributed by atoms with van der Waals surface area (Å²) in [6, 6.07) is 9.68. The first-order valence-electron chi connectivity index (χ1n) is 6.42. The number of pyridine rings is 1. The van der Waals surface area contributed by atoms with Gasteiger partial charge in [-0.25, -0.2) is 0 Å². The van der Waals surface area contributed by atoms with Crippen molar-refractivity contribution in [1.82, 2.24) is 9.88 Å². The van der Waals surface area contributed by atoms with Gasteiger partial charge in [-0.1, -0.05) is 6.07 Å². The molecular weight excluding hydrogens is 236 g/mol. The average Bonchev–Trinajstić information content (AvgIpc) is 2.37. The van der Waals surface area contributed by atoms with E-state index < -0.39 is 5.54 Å². The molecule has 0 radical (unpaired) electrons. The first-order valence-corrected chi connectivity index (χ1v) is 6.42. The second kappa shape index (κ2) is 4.74. The van der Waals surface area contributed by atoms with Crippen molar-refractivity contribution in [2.24, 2.45) is 0 Å². The van der Waals surface area contributed by atoms with Gasteiger partial charge in [0.1, 0.15) is 0 Å². The smallest absolute Gasteiger partial charge is 0.182 e. The third-order valence-electron chi connectivity index (χ3n) is 3.76. The molecule has 0 unspecified atom stereocenters. The summed E-state index contributed by atoms with van der Waals surface area (Å²) in [6.07, 6.45) is 0. The monoisotopic (exact) mass is 256 g/mol. The highest BCUT2D eigenvalue weighted by Crippen LogP contribution is 2.21. The fourth-order valence-corrected chi connectivity index (χ4v) is 1.93. The summed E-state index contributed by atoms with van der Waals surface area (Å²) in [6.45, 7) is 5.84. The molecule has 0 fully saturated rings. The fourth-order valence-electron chi connectivity index (χ4n) is 1.93. The van der Waals surface area contributed by atoms with E-state index in [0.29, 0.717) is 0 Å². The molecule has 0 N–H and O–H groups in total. The molecule has 1 aromatic carbocycles. The molecule has 0 saturated carbocycles. The van der Waals surface area contributed by atoms with E-state index in [-0.39, 0.29) is 5.78 Å². The number of hydrogen-bond donors (Lipinski definition) is 0. The molecule has 2 aromatic rings.